The number of aromatic nitrogens is 1. The number of hydrogen-bond donors (Lipinski definition) is 1. The summed E-state index contributed by atoms with van der Waals surface area (Å²) in [6.45, 7) is 1.56. The number of pyridine rings is 1. The summed E-state index contributed by atoms with van der Waals surface area (Å²) in [5.74, 6) is -1.25. The molecule has 0 bridgehead atoms. The van der Waals surface area contributed by atoms with Crippen LogP contribution < -0.4 is 9.04 Å². The van der Waals surface area contributed by atoms with Gasteiger partial charge < -0.3 is 9.84 Å². The average molecular weight is 585 g/mol. The van der Waals surface area contributed by atoms with Gasteiger partial charge in [0, 0.05) is 16.9 Å². The number of carboxylic acids is 1. The fourth-order valence-corrected chi connectivity index (χ4v) is 6.76. The van der Waals surface area contributed by atoms with Gasteiger partial charge in [-0.25, -0.2) is 22.5 Å². The van der Waals surface area contributed by atoms with Gasteiger partial charge in [-0.1, -0.05) is 49.2 Å². The molecule has 41 heavy (non-hydrogen) atoms. The lowest BCUT2D eigenvalue weighted by Gasteiger charge is -2.27. The molecular weight excluding hydrogens is 557 g/mol. The van der Waals surface area contributed by atoms with Gasteiger partial charge in [-0.15, -0.1) is 13.2 Å². The molecule has 0 amide bonds. The molecule has 11 heteroatoms. The van der Waals surface area contributed by atoms with E-state index in [-0.39, 0.29) is 28.7 Å². The van der Waals surface area contributed by atoms with Crippen LogP contribution in [-0.4, -0.2) is 30.8 Å². The predicted octanol–water partition coefficient (Wildman–Crippen LogP) is 7.19. The van der Waals surface area contributed by atoms with Crippen molar-refractivity contribution < 1.29 is 36.2 Å². The predicted molar refractivity (Wildman–Crippen MR) is 148 cm³/mol. The van der Waals surface area contributed by atoms with E-state index in [9.17, 15) is 31.5 Å². The van der Waals surface area contributed by atoms with Crippen molar-refractivity contribution in [3.05, 3.63) is 95.2 Å². The third-order valence-corrected chi connectivity index (χ3v) is 9.07. The van der Waals surface area contributed by atoms with Crippen molar-refractivity contribution in [2.75, 3.05) is 4.31 Å². The van der Waals surface area contributed by atoms with Crippen LogP contribution in [0.1, 0.15) is 58.8 Å². The van der Waals surface area contributed by atoms with E-state index in [1.807, 2.05) is 24.3 Å². The molecule has 214 valence electrons. The Morgan fingerprint density at radius 2 is 1.59 bits per heavy atom. The minimum Gasteiger partial charge on any atom is -0.478 e. The van der Waals surface area contributed by atoms with Gasteiger partial charge in [-0.3, -0.25) is 0 Å². The number of fused-ring (bicyclic) bond motifs is 1. The van der Waals surface area contributed by atoms with Gasteiger partial charge in [0.1, 0.15) is 11.6 Å². The first-order chi connectivity index (χ1) is 19.4. The second-order valence-corrected chi connectivity index (χ2v) is 11.9. The Labute approximate surface area is 235 Å². The Hall–Kier alpha value is -4.12. The zero-order valence-electron chi connectivity index (χ0n) is 22.1. The zero-order chi connectivity index (χ0) is 29.4. The summed E-state index contributed by atoms with van der Waals surface area (Å²) in [6, 6.07) is 17.5. The molecule has 1 heterocycles. The average Bonchev–Trinajstić information content (AvgIpc) is 3.47. The van der Waals surface area contributed by atoms with Crippen LogP contribution in [0.25, 0.3) is 10.8 Å². The lowest BCUT2D eigenvalue weighted by atomic mass is 9.95. The third-order valence-electron chi connectivity index (χ3n) is 7.32. The Morgan fingerprint density at radius 1 is 0.976 bits per heavy atom. The van der Waals surface area contributed by atoms with Crippen LogP contribution in [0.2, 0.25) is 0 Å². The van der Waals surface area contributed by atoms with E-state index in [0.717, 1.165) is 58.6 Å². The maximum Gasteiger partial charge on any atom is 0.573 e. The SMILES string of the molecule is Cc1c(N(Cc2ccc(OC(F)(F)F)cc2)S(=O)(=O)c2ccc(C(=O)O)cc2)nc(C2CCCC2)c2ccccc12. The molecule has 0 spiro atoms. The summed E-state index contributed by atoms with van der Waals surface area (Å²) < 4.78 is 71.5. The van der Waals surface area contributed by atoms with Crippen molar-refractivity contribution in [3.63, 3.8) is 0 Å². The molecule has 4 aromatic rings. The molecule has 7 nitrogen and oxygen atoms in total. The van der Waals surface area contributed by atoms with Crippen molar-refractivity contribution in [1.82, 2.24) is 4.98 Å². The van der Waals surface area contributed by atoms with Crippen LogP contribution in [0, 0.1) is 6.92 Å². The maximum absolute atomic E-state index is 14.2. The molecule has 1 fully saturated rings. The summed E-state index contributed by atoms with van der Waals surface area (Å²) >= 11 is 0. The number of aryl methyl sites for hydroxylation is 1. The van der Waals surface area contributed by atoms with Gasteiger partial charge in [-0.2, -0.15) is 0 Å². The lowest BCUT2D eigenvalue weighted by molar-refractivity contribution is -0.274. The van der Waals surface area contributed by atoms with E-state index < -0.39 is 28.1 Å². The van der Waals surface area contributed by atoms with E-state index in [1.54, 1.807) is 6.92 Å². The lowest BCUT2D eigenvalue weighted by Crippen LogP contribution is -2.32. The quantitative estimate of drug-likeness (QED) is 0.235. The highest BCUT2D eigenvalue weighted by Crippen LogP contribution is 2.40. The van der Waals surface area contributed by atoms with Gasteiger partial charge >= 0.3 is 12.3 Å². The first-order valence-corrected chi connectivity index (χ1v) is 14.5. The second kappa shape index (κ2) is 11.0. The van der Waals surface area contributed by atoms with E-state index in [4.69, 9.17) is 4.98 Å². The first-order valence-electron chi connectivity index (χ1n) is 13.0. The highest BCUT2D eigenvalue weighted by molar-refractivity contribution is 7.92. The van der Waals surface area contributed by atoms with Crippen molar-refractivity contribution in [3.8, 4) is 5.75 Å². The highest BCUT2D eigenvalue weighted by atomic mass is 32.2. The number of nitrogens with zero attached hydrogens (tertiary/aromatic N) is 2. The molecule has 0 unspecified atom stereocenters. The molecule has 0 saturated heterocycles. The number of hydrogen-bond acceptors (Lipinski definition) is 5. The van der Waals surface area contributed by atoms with Crippen LogP contribution >= 0.6 is 0 Å². The second-order valence-electron chi connectivity index (χ2n) is 10.0. The topological polar surface area (TPSA) is 96.8 Å². The number of alkyl halides is 3. The largest absolute Gasteiger partial charge is 0.573 e. The van der Waals surface area contributed by atoms with E-state index in [1.165, 1.54) is 36.4 Å². The molecular formula is C30H27F3N2O5S. The number of halogens is 3. The van der Waals surface area contributed by atoms with E-state index in [2.05, 4.69) is 4.74 Å². The van der Waals surface area contributed by atoms with Crippen LogP contribution in [0.4, 0.5) is 19.0 Å². The molecule has 3 aromatic carbocycles. The molecule has 1 N–H and O–H groups in total. The molecule has 0 atom stereocenters. The molecule has 1 aliphatic carbocycles. The highest BCUT2D eigenvalue weighted by Gasteiger charge is 2.32. The first kappa shape index (κ1) is 28.4. The van der Waals surface area contributed by atoms with Crippen molar-refractivity contribution in [2.45, 2.75) is 56.3 Å². The van der Waals surface area contributed by atoms with Crippen LogP contribution in [0.3, 0.4) is 0 Å². The zero-order valence-corrected chi connectivity index (χ0v) is 22.9. The number of sulfonamides is 1. The fourth-order valence-electron chi connectivity index (χ4n) is 5.30. The summed E-state index contributed by atoms with van der Waals surface area (Å²) in [5, 5.41) is 11.1. The molecule has 0 radical (unpaired) electrons. The van der Waals surface area contributed by atoms with Gasteiger partial charge in [0.15, 0.2) is 0 Å². The number of carboxylic acid groups (broad SMARTS) is 1. The number of anilines is 1. The van der Waals surface area contributed by atoms with E-state index >= 15 is 0 Å². The molecule has 1 aromatic heterocycles. The molecule has 0 aliphatic heterocycles. The van der Waals surface area contributed by atoms with Gasteiger partial charge in [-0.05, 0) is 67.1 Å². The van der Waals surface area contributed by atoms with Gasteiger partial charge in [0.2, 0.25) is 0 Å². The van der Waals surface area contributed by atoms with Crippen molar-refractivity contribution >= 4 is 32.6 Å². The third kappa shape index (κ3) is 6.00. The number of carbonyl (C=O) groups is 1. The molecule has 1 aliphatic rings. The Kier molecular flexibility index (Phi) is 7.65. The Balaban J connectivity index is 1.65. The minimum absolute atomic E-state index is 0.0701. The van der Waals surface area contributed by atoms with Crippen molar-refractivity contribution in [1.29, 1.82) is 0 Å². The van der Waals surface area contributed by atoms with Crippen LogP contribution in [-0.2, 0) is 16.6 Å². The molecule has 1 saturated carbocycles. The smallest absolute Gasteiger partial charge is 0.478 e. The number of ether oxygens (including phenoxy) is 1. The number of benzene rings is 3. The Morgan fingerprint density at radius 3 is 2.17 bits per heavy atom. The summed E-state index contributed by atoms with van der Waals surface area (Å²) in [7, 11) is -4.30. The number of rotatable bonds is 8. The summed E-state index contributed by atoms with van der Waals surface area (Å²) in [4.78, 5) is 16.2. The molecule has 5 rings (SSSR count). The summed E-state index contributed by atoms with van der Waals surface area (Å²) in [5.41, 5.74) is 1.78. The van der Waals surface area contributed by atoms with Gasteiger partial charge in [0.25, 0.3) is 10.0 Å². The van der Waals surface area contributed by atoms with E-state index in [0.29, 0.717) is 11.1 Å². The monoisotopic (exact) mass is 584 g/mol. The Bertz CT molecular complexity index is 1680. The van der Waals surface area contributed by atoms with Crippen LogP contribution in [0.15, 0.2) is 77.7 Å². The van der Waals surface area contributed by atoms with Crippen LogP contribution in [0.5, 0.6) is 5.75 Å². The summed E-state index contributed by atoms with van der Waals surface area (Å²) in [6.07, 6.45) is -0.892. The fraction of sp³-hybridized carbons (Fsp3) is 0.267. The van der Waals surface area contributed by atoms with Gasteiger partial charge in [0.05, 0.1) is 22.7 Å². The maximum atomic E-state index is 14.2. The van der Waals surface area contributed by atoms with Crippen molar-refractivity contribution in [2.24, 2.45) is 0 Å². The minimum atomic E-state index is -4.86. The standard InChI is InChI=1S/C30H27F3N2O5S/c1-19-25-8-4-5-9-26(25)27(21-6-2-3-7-21)34-28(19)35(18-20-10-14-23(15-11-20)40-30(31,32)33)41(38,39)24-16-12-22(13-17-24)29(36)37/h4-5,8-17,21H,2-3,6-7,18H2,1H3,(H,36,37). The normalized spacial score (nSPS) is 14.3. The number of aromatic carboxylic acids is 1.